The molecule has 19 heavy (non-hydrogen) atoms. The highest BCUT2D eigenvalue weighted by atomic mass is 32.2. The molecule has 0 aromatic carbocycles. The van der Waals surface area contributed by atoms with E-state index in [1.54, 1.807) is 6.07 Å². The Labute approximate surface area is 113 Å². The summed E-state index contributed by atoms with van der Waals surface area (Å²) < 4.78 is 1.50. The van der Waals surface area contributed by atoms with Crippen LogP contribution in [0.15, 0.2) is 27.2 Å². The van der Waals surface area contributed by atoms with Crippen LogP contribution in [-0.4, -0.2) is 19.7 Å². The Morgan fingerprint density at radius 1 is 1.58 bits per heavy atom. The van der Waals surface area contributed by atoms with Crippen molar-refractivity contribution in [2.45, 2.75) is 30.1 Å². The van der Waals surface area contributed by atoms with Crippen LogP contribution < -0.4 is 11.4 Å². The second-order valence-electron chi connectivity index (χ2n) is 4.11. The number of hydrogen-bond acceptors (Lipinski definition) is 6. The molecule has 2 aromatic heterocycles. The van der Waals surface area contributed by atoms with E-state index in [-0.39, 0.29) is 11.7 Å². The summed E-state index contributed by atoms with van der Waals surface area (Å²) in [4.78, 5) is 15.7. The molecule has 8 heteroatoms. The van der Waals surface area contributed by atoms with E-state index in [1.165, 1.54) is 10.8 Å². The summed E-state index contributed by atoms with van der Waals surface area (Å²) in [6, 6.07) is 3.53. The Kier molecular flexibility index (Phi) is 3.57. The molecule has 2 rings (SSSR count). The largest absolute Gasteiger partial charge is 0.397 e. The first-order valence-corrected chi connectivity index (χ1v) is 6.35. The van der Waals surface area contributed by atoms with Crippen LogP contribution in [0.25, 0.3) is 0 Å². The molecule has 0 radical (unpaired) electrons. The first-order chi connectivity index (χ1) is 9.02. The summed E-state index contributed by atoms with van der Waals surface area (Å²) in [6.07, 6.45) is 1.47. The molecule has 7 nitrogen and oxygen atoms in total. The van der Waals surface area contributed by atoms with E-state index >= 15 is 0 Å². The van der Waals surface area contributed by atoms with Gasteiger partial charge in [0.1, 0.15) is 11.1 Å². The van der Waals surface area contributed by atoms with E-state index in [4.69, 9.17) is 11.0 Å². The smallest absolute Gasteiger partial charge is 0.344 e. The van der Waals surface area contributed by atoms with Gasteiger partial charge in [-0.15, -0.1) is 5.10 Å². The number of nitrogens with one attached hydrogen (secondary N) is 1. The van der Waals surface area contributed by atoms with Gasteiger partial charge in [-0.3, -0.25) is 4.57 Å². The Hall–Kier alpha value is -2.27. The molecule has 0 aliphatic carbocycles. The lowest BCUT2D eigenvalue weighted by atomic mass is 10.3. The number of nitrogens with two attached hydrogens (primary N) is 1. The SMILES string of the molecule is CC(C)n1c(Sc2ncc(N)cc2C#N)n[nH]c1=O. The summed E-state index contributed by atoms with van der Waals surface area (Å²) in [5, 5.41) is 16.3. The van der Waals surface area contributed by atoms with Gasteiger partial charge in [0.05, 0.1) is 17.4 Å². The molecule has 0 bridgehead atoms. The van der Waals surface area contributed by atoms with Crippen molar-refractivity contribution in [1.82, 2.24) is 19.7 Å². The third kappa shape index (κ3) is 2.61. The highest BCUT2D eigenvalue weighted by Crippen LogP contribution is 2.28. The van der Waals surface area contributed by atoms with E-state index in [0.29, 0.717) is 21.4 Å². The number of aromatic nitrogens is 4. The van der Waals surface area contributed by atoms with Gasteiger partial charge in [-0.25, -0.2) is 14.9 Å². The minimum Gasteiger partial charge on any atom is -0.397 e. The normalized spacial score (nSPS) is 10.6. The lowest BCUT2D eigenvalue weighted by Crippen LogP contribution is -2.19. The fourth-order valence-corrected chi connectivity index (χ4v) is 2.51. The molecule has 98 valence electrons. The molecule has 0 atom stereocenters. The summed E-state index contributed by atoms with van der Waals surface area (Å²) in [5.74, 6) is 0. The summed E-state index contributed by atoms with van der Waals surface area (Å²) in [6.45, 7) is 3.76. The van der Waals surface area contributed by atoms with Crippen molar-refractivity contribution >= 4 is 17.4 Å². The van der Waals surface area contributed by atoms with Crippen LogP contribution in [0.5, 0.6) is 0 Å². The monoisotopic (exact) mass is 276 g/mol. The van der Waals surface area contributed by atoms with Crippen molar-refractivity contribution in [3.8, 4) is 6.07 Å². The van der Waals surface area contributed by atoms with Crippen molar-refractivity contribution in [3.63, 3.8) is 0 Å². The maximum Gasteiger partial charge on any atom is 0.344 e. The van der Waals surface area contributed by atoms with Gasteiger partial charge >= 0.3 is 5.69 Å². The number of hydrogen-bond donors (Lipinski definition) is 2. The van der Waals surface area contributed by atoms with Crippen molar-refractivity contribution in [1.29, 1.82) is 5.26 Å². The van der Waals surface area contributed by atoms with E-state index < -0.39 is 0 Å². The molecule has 0 amide bonds. The van der Waals surface area contributed by atoms with Gasteiger partial charge in [-0.05, 0) is 31.7 Å². The van der Waals surface area contributed by atoms with Gasteiger partial charge in [0.2, 0.25) is 0 Å². The number of nitriles is 1. The molecule has 0 spiro atoms. The van der Waals surface area contributed by atoms with Crippen LogP contribution in [0.4, 0.5) is 5.69 Å². The number of rotatable bonds is 3. The Bertz CT molecular complexity index is 696. The lowest BCUT2D eigenvalue weighted by molar-refractivity contribution is 0.534. The van der Waals surface area contributed by atoms with Crippen LogP contribution in [0.1, 0.15) is 25.5 Å². The number of H-pyrrole nitrogens is 1. The molecule has 3 N–H and O–H groups in total. The minimum atomic E-state index is -0.286. The maximum atomic E-state index is 11.6. The third-order valence-corrected chi connectivity index (χ3v) is 3.36. The third-order valence-electron chi connectivity index (χ3n) is 2.37. The second-order valence-corrected chi connectivity index (χ2v) is 5.07. The van der Waals surface area contributed by atoms with E-state index in [9.17, 15) is 4.79 Å². The minimum absolute atomic E-state index is 0.0342. The zero-order valence-corrected chi connectivity index (χ0v) is 11.2. The van der Waals surface area contributed by atoms with E-state index in [0.717, 1.165) is 11.8 Å². The highest BCUT2D eigenvalue weighted by Gasteiger charge is 2.15. The average Bonchev–Trinajstić information content (AvgIpc) is 2.72. The van der Waals surface area contributed by atoms with Crippen molar-refractivity contribution in [2.75, 3.05) is 5.73 Å². The van der Waals surface area contributed by atoms with Gasteiger partial charge in [0, 0.05) is 6.04 Å². The number of aromatic amines is 1. The molecular weight excluding hydrogens is 264 g/mol. The first kappa shape index (κ1) is 13.2. The number of nitrogens with zero attached hydrogens (tertiary/aromatic N) is 4. The van der Waals surface area contributed by atoms with Gasteiger partial charge in [0.15, 0.2) is 5.16 Å². The molecule has 0 saturated carbocycles. The lowest BCUT2D eigenvalue weighted by Gasteiger charge is -2.08. The van der Waals surface area contributed by atoms with E-state index in [2.05, 4.69) is 15.2 Å². The molecular formula is C11H12N6OS. The molecule has 0 saturated heterocycles. The molecule has 0 aliphatic rings. The molecule has 0 fully saturated rings. The van der Waals surface area contributed by atoms with Crippen molar-refractivity contribution in [3.05, 3.63) is 28.3 Å². The van der Waals surface area contributed by atoms with Gasteiger partial charge in [0.25, 0.3) is 0 Å². The standard InChI is InChI=1S/C11H12N6OS/c1-6(2)17-10(18)15-16-11(17)19-9-7(4-12)3-8(13)5-14-9/h3,5-6H,13H2,1-2H3,(H,15,18). The van der Waals surface area contributed by atoms with Crippen LogP contribution in [-0.2, 0) is 0 Å². The zero-order valence-electron chi connectivity index (χ0n) is 10.4. The Balaban J connectivity index is 2.43. The van der Waals surface area contributed by atoms with Crippen LogP contribution in [0.3, 0.4) is 0 Å². The van der Waals surface area contributed by atoms with Crippen molar-refractivity contribution < 1.29 is 0 Å². The van der Waals surface area contributed by atoms with Crippen LogP contribution in [0, 0.1) is 11.3 Å². The maximum absolute atomic E-state index is 11.6. The highest BCUT2D eigenvalue weighted by molar-refractivity contribution is 7.99. The molecule has 0 unspecified atom stereocenters. The summed E-state index contributed by atoms with van der Waals surface area (Å²) >= 11 is 1.15. The molecule has 2 heterocycles. The first-order valence-electron chi connectivity index (χ1n) is 5.53. The fourth-order valence-electron chi connectivity index (χ4n) is 1.53. The molecule has 2 aromatic rings. The van der Waals surface area contributed by atoms with Gasteiger partial charge in [-0.2, -0.15) is 5.26 Å². The summed E-state index contributed by atoms with van der Waals surface area (Å²) in [7, 11) is 0. The molecule has 0 aliphatic heterocycles. The predicted molar refractivity (Wildman–Crippen MR) is 70.7 cm³/mol. The summed E-state index contributed by atoms with van der Waals surface area (Å²) in [5.41, 5.74) is 6.07. The van der Waals surface area contributed by atoms with Gasteiger partial charge < -0.3 is 5.73 Å². The Morgan fingerprint density at radius 2 is 2.32 bits per heavy atom. The zero-order chi connectivity index (χ0) is 14.0. The van der Waals surface area contributed by atoms with Gasteiger partial charge in [-0.1, -0.05) is 0 Å². The van der Waals surface area contributed by atoms with Crippen molar-refractivity contribution in [2.24, 2.45) is 0 Å². The fraction of sp³-hybridized carbons (Fsp3) is 0.273. The van der Waals surface area contributed by atoms with E-state index in [1.807, 2.05) is 19.9 Å². The number of pyridine rings is 1. The van der Waals surface area contributed by atoms with Crippen LogP contribution >= 0.6 is 11.8 Å². The Morgan fingerprint density at radius 3 is 2.95 bits per heavy atom. The predicted octanol–water partition coefficient (Wildman–Crippen LogP) is 1.15. The average molecular weight is 276 g/mol. The topological polar surface area (TPSA) is 113 Å². The van der Waals surface area contributed by atoms with Crippen LogP contribution in [0.2, 0.25) is 0 Å². The number of nitrogen functional groups attached to an aromatic ring is 1. The second kappa shape index (κ2) is 5.16. The quantitative estimate of drug-likeness (QED) is 0.869. The number of anilines is 1.